The van der Waals surface area contributed by atoms with E-state index < -0.39 is 25.0 Å². The lowest BCUT2D eigenvalue weighted by Gasteiger charge is -2.37. The molecule has 150 valence electrons. The Balaban J connectivity index is 2.70. The van der Waals surface area contributed by atoms with Gasteiger partial charge in [-0.25, -0.2) is 9.78 Å². The van der Waals surface area contributed by atoms with E-state index in [-0.39, 0.29) is 18.3 Å². The maximum absolute atomic E-state index is 14.2. The third kappa shape index (κ3) is 3.82. The lowest BCUT2D eigenvalue weighted by molar-refractivity contribution is -0.185. The number of hydrogen-bond acceptors (Lipinski definition) is 8. The number of carbonyl (C=O) groups excluding carboxylic acids is 1. The second kappa shape index (κ2) is 8.14. The van der Waals surface area contributed by atoms with Crippen molar-refractivity contribution >= 4 is 40.3 Å². The van der Waals surface area contributed by atoms with Crippen LogP contribution in [0.4, 0.5) is 18.3 Å². The zero-order chi connectivity index (χ0) is 20.3. The maximum Gasteiger partial charge on any atom is 0.434 e. The summed E-state index contributed by atoms with van der Waals surface area (Å²) in [5.41, 5.74) is 0.411. The van der Waals surface area contributed by atoms with Gasteiger partial charge in [-0.2, -0.15) is 13.2 Å². The first kappa shape index (κ1) is 21.6. The van der Waals surface area contributed by atoms with Crippen LogP contribution >= 0.6 is 18.9 Å². The van der Waals surface area contributed by atoms with Crippen LogP contribution in [0.1, 0.15) is 13.8 Å². The Morgan fingerprint density at radius 3 is 2.30 bits per heavy atom. The van der Waals surface area contributed by atoms with Gasteiger partial charge in [-0.15, -0.1) is 0 Å². The number of benzene rings is 1. The molecule has 7 nitrogen and oxygen atoms in total. The number of para-hydroxylation sites is 1. The fourth-order valence-corrected chi connectivity index (χ4v) is 5.38. The van der Waals surface area contributed by atoms with Gasteiger partial charge < -0.3 is 19.1 Å². The van der Waals surface area contributed by atoms with Crippen LogP contribution in [0.15, 0.2) is 24.3 Å². The Kier molecular flexibility index (Phi) is 6.51. The molecule has 1 heterocycles. The number of carbonyl (C=O) groups is 1. The first-order chi connectivity index (χ1) is 12.6. The van der Waals surface area contributed by atoms with E-state index in [0.29, 0.717) is 10.2 Å². The highest BCUT2D eigenvalue weighted by Crippen LogP contribution is 2.66. The van der Waals surface area contributed by atoms with Crippen LogP contribution in [0.25, 0.3) is 10.2 Å². The predicted octanol–water partition coefficient (Wildman–Crippen LogP) is 4.41. The summed E-state index contributed by atoms with van der Waals surface area (Å²) in [5.74, 6) is -1.85. The molecular weight excluding hydrogens is 408 g/mol. The zero-order valence-corrected chi connectivity index (χ0v) is 16.4. The highest BCUT2D eigenvalue weighted by atomic mass is 32.1. The summed E-state index contributed by atoms with van der Waals surface area (Å²) in [6.45, 7) is 1.91. The van der Waals surface area contributed by atoms with Gasteiger partial charge in [0, 0.05) is 0 Å². The van der Waals surface area contributed by atoms with Crippen molar-refractivity contribution < 1.29 is 36.3 Å². The number of nitrogens with zero attached hydrogens (tertiary/aromatic N) is 1. The molecule has 2 aromatic rings. The van der Waals surface area contributed by atoms with Crippen LogP contribution in [-0.2, 0) is 23.1 Å². The van der Waals surface area contributed by atoms with E-state index in [1.54, 1.807) is 24.3 Å². The Morgan fingerprint density at radius 1 is 1.22 bits per heavy atom. The van der Waals surface area contributed by atoms with E-state index >= 15 is 0 Å². The third-order valence-corrected chi connectivity index (χ3v) is 7.00. The molecule has 12 heteroatoms. The number of esters is 1. The van der Waals surface area contributed by atoms with Crippen LogP contribution in [0.2, 0.25) is 0 Å². The van der Waals surface area contributed by atoms with Crippen molar-refractivity contribution in [3.8, 4) is 0 Å². The number of ether oxygens (including phenoxy) is 1. The summed E-state index contributed by atoms with van der Waals surface area (Å²) in [5, 5.41) is -2.07. The first-order valence-electron chi connectivity index (χ1n) is 7.83. The Labute approximate surface area is 157 Å². The molecule has 0 spiro atoms. The molecular formula is C15H18F3N2O5PS. The molecule has 0 radical (unpaired) electrons. The van der Waals surface area contributed by atoms with Crippen molar-refractivity contribution in [2.75, 3.05) is 25.6 Å². The van der Waals surface area contributed by atoms with Crippen LogP contribution in [0.3, 0.4) is 0 Å². The van der Waals surface area contributed by atoms with Crippen molar-refractivity contribution in [1.82, 2.24) is 4.98 Å². The van der Waals surface area contributed by atoms with Gasteiger partial charge in [0.2, 0.25) is 0 Å². The number of alkyl halides is 3. The van der Waals surface area contributed by atoms with Crippen LogP contribution in [0.5, 0.6) is 0 Å². The lowest BCUT2D eigenvalue weighted by atomic mass is 10.3. The van der Waals surface area contributed by atoms with E-state index in [0.717, 1.165) is 18.4 Å². The van der Waals surface area contributed by atoms with Gasteiger partial charge in [0.15, 0.2) is 5.13 Å². The molecule has 0 fully saturated rings. The lowest BCUT2D eigenvalue weighted by Crippen LogP contribution is -2.58. The molecule has 27 heavy (non-hydrogen) atoms. The highest BCUT2D eigenvalue weighted by Gasteiger charge is 2.75. The highest BCUT2D eigenvalue weighted by molar-refractivity contribution is 7.57. The number of anilines is 1. The zero-order valence-electron chi connectivity index (χ0n) is 14.7. The number of hydrogen-bond donors (Lipinski definition) is 1. The van der Waals surface area contributed by atoms with Gasteiger partial charge in [0.05, 0.1) is 30.5 Å². The summed E-state index contributed by atoms with van der Waals surface area (Å²) in [4.78, 5) is 16.4. The molecule has 1 aromatic carbocycles. The van der Waals surface area contributed by atoms with E-state index in [4.69, 9.17) is 9.05 Å². The van der Waals surface area contributed by atoms with E-state index in [9.17, 15) is 22.5 Å². The number of thiazole rings is 1. The van der Waals surface area contributed by atoms with E-state index in [2.05, 4.69) is 9.72 Å². The summed E-state index contributed by atoms with van der Waals surface area (Å²) in [7, 11) is -4.35. The van der Waals surface area contributed by atoms with Crippen LogP contribution < -0.4 is 5.32 Å². The summed E-state index contributed by atoms with van der Waals surface area (Å²) in [6.07, 6.45) is -5.38. The van der Waals surface area contributed by atoms with Crippen LogP contribution in [-0.4, -0.2) is 42.7 Å². The molecule has 0 bridgehead atoms. The van der Waals surface area contributed by atoms with Gasteiger partial charge in [-0.05, 0) is 26.0 Å². The molecule has 1 aromatic heterocycles. The molecule has 1 N–H and O–H groups in total. The predicted molar refractivity (Wildman–Crippen MR) is 94.9 cm³/mol. The molecule has 0 saturated heterocycles. The quantitative estimate of drug-likeness (QED) is 0.494. The van der Waals surface area contributed by atoms with Crippen molar-refractivity contribution in [1.29, 1.82) is 0 Å². The van der Waals surface area contributed by atoms with Crippen molar-refractivity contribution in [2.24, 2.45) is 0 Å². The molecule has 0 unspecified atom stereocenters. The fraction of sp³-hybridized carbons (Fsp3) is 0.467. The fourth-order valence-electron chi connectivity index (χ4n) is 2.37. The Morgan fingerprint density at radius 2 is 1.81 bits per heavy atom. The number of aromatic nitrogens is 1. The second-order valence-electron chi connectivity index (χ2n) is 5.14. The average Bonchev–Trinajstić information content (AvgIpc) is 3.00. The Bertz CT molecular complexity index is 816. The number of rotatable bonds is 8. The second-order valence-corrected chi connectivity index (χ2v) is 8.36. The minimum absolute atomic E-state index is 0.279. The summed E-state index contributed by atoms with van der Waals surface area (Å²) in [6, 6.07) is 6.59. The van der Waals surface area contributed by atoms with Crippen molar-refractivity contribution in [3.63, 3.8) is 0 Å². The van der Waals surface area contributed by atoms with Gasteiger partial charge in [-0.3, -0.25) is 4.57 Å². The van der Waals surface area contributed by atoms with Gasteiger partial charge in [0.1, 0.15) is 0 Å². The monoisotopic (exact) mass is 426 g/mol. The number of fused-ring (bicyclic) bond motifs is 1. The molecule has 0 amide bonds. The molecule has 0 aliphatic heterocycles. The molecule has 0 aliphatic rings. The largest absolute Gasteiger partial charge is 0.467 e. The third-order valence-electron chi connectivity index (χ3n) is 3.48. The minimum Gasteiger partial charge on any atom is -0.467 e. The van der Waals surface area contributed by atoms with E-state index in [1.165, 1.54) is 13.8 Å². The summed E-state index contributed by atoms with van der Waals surface area (Å²) < 4.78 is 70.3. The first-order valence-corrected chi connectivity index (χ1v) is 10.2. The Hall–Kier alpha value is -1.68. The standard InChI is InChI=1S/C15H18F3N2O5PS/c1-4-24-26(22,25-5-2)14(12(21)23-3,15(16,17)18)20-13-19-10-8-6-7-9-11(10)27-13/h6-9H,4-5H2,1-3H3,(H,19,20)/t14-/m1/s1. The molecule has 2 rings (SSSR count). The van der Waals surface area contributed by atoms with Crippen LogP contribution in [0, 0.1) is 0 Å². The topological polar surface area (TPSA) is 86.8 Å². The van der Waals surface area contributed by atoms with Crippen molar-refractivity contribution in [2.45, 2.75) is 25.3 Å². The van der Waals surface area contributed by atoms with Gasteiger partial charge in [-0.1, -0.05) is 23.5 Å². The van der Waals surface area contributed by atoms with Gasteiger partial charge >= 0.3 is 25.0 Å². The maximum atomic E-state index is 14.2. The molecule has 0 saturated carbocycles. The van der Waals surface area contributed by atoms with Gasteiger partial charge in [0.25, 0.3) is 0 Å². The van der Waals surface area contributed by atoms with E-state index in [1.807, 2.05) is 5.32 Å². The smallest absolute Gasteiger partial charge is 0.434 e. The molecule has 1 atom stereocenters. The SMILES string of the molecule is CCOP(=O)(OCC)[C@](Nc1nc2ccccc2s1)(C(=O)OC)C(F)(F)F. The number of methoxy groups -OCH3 is 1. The van der Waals surface area contributed by atoms with Crippen molar-refractivity contribution in [3.05, 3.63) is 24.3 Å². The average molecular weight is 426 g/mol. The summed E-state index contributed by atoms with van der Waals surface area (Å²) >= 11 is 0.858. The number of nitrogens with one attached hydrogen (secondary N) is 1. The molecule has 0 aliphatic carbocycles. The minimum atomic E-state index is -5.38. The number of halogens is 3. The normalized spacial score (nSPS) is 14.7.